The number of rotatable bonds is 0. The van der Waals surface area contributed by atoms with E-state index < -0.39 is 8.70 Å². The predicted octanol–water partition coefficient (Wildman–Crippen LogP) is -0.387. The van der Waals surface area contributed by atoms with E-state index in [-0.39, 0.29) is 0 Å². The molecule has 0 aromatic rings. The van der Waals surface area contributed by atoms with E-state index in [1.807, 2.05) is 0 Å². The Balaban J connectivity index is 2.67. The zero-order chi connectivity index (χ0) is 4.86. The van der Waals surface area contributed by atoms with E-state index in [2.05, 4.69) is 8.67 Å². The van der Waals surface area contributed by atoms with Gasteiger partial charge in [0.15, 0.2) is 0 Å². The second-order valence-corrected chi connectivity index (χ2v) is 7.25. The van der Waals surface area contributed by atoms with Crippen molar-refractivity contribution in [3.05, 3.63) is 0 Å². The van der Waals surface area contributed by atoms with Crippen LogP contribution in [0.4, 0.5) is 0 Å². The zero-order valence-electron chi connectivity index (χ0n) is 2.61. The van der Waals surface area contributed by atoms with Gasteiger partial charge in [-0.2, -0.15) is 0 Å². The van der Waals surface area contributed by atoms with Crippen molar-refractivity contribution < 1.29 is 17.8 Å². The Morgan fingerprint density at radius 3 is 1.50 bits per heavy atom. The first kappa shape index (κ1) is 4.86. The van der Waals surface area contributed by atoms with Crippen LogP contribution in [0.25, 0.3) is 0 Å². The molecular formula is H4O4SSe. The molecule has 0 saturated carbocycles. The van der Waals surface area contributed by atoms with Crippen molar-refractivity contribution in [2.45, 2.75) is 0 Å². The van der Waals surface area contributed by atoms with Crippen molar-refractivity contribution in [2.75, 3.05) is 0 Å². The number of hydrogen-bond acceptors (Lipinski definition) is 4. The first-order chi connectivity index (χ1) is 2.47. The number of hydrogen-bond donors (Lipinski definition) is 3. The summed E-state index contributed by atoms with van der Waals surface area (Å²) in [4.78, 5) is 0. The van der Waals surface area contributed by atoms with Crippen LogP contribution in [0.2, 0.25) is 0 Å². The molecule has 0 amide bonds. The Kier molecular flexibility index (Phi) is 0.635. The quantitative estimate of drug-likeness (QED) is 0.205. The predicted molar refractivity (Wildman–Crippen MR) is 23.6 cm³/mol. The van der Waals surface area contributed by atoms with Crippen molar-refractivity contribution in [1.29, 1.82) is 0 Å². The molecule has 6 heteroatoms. The summed E-state index contributed by atoms with van der Waals surface area (Å²) in [6.07, 6.45) is 0. The molecule has 2 N–H and O–H groups in total. The fourth-order valence-electron chi connectivity index (χ4n) is 0.0447. The third-order valence-corrected chi connectivity index (χ3v) is 1.66. The minimum absolute atomic E-state index is 1.54. The zero-order valence-corrected chi connectivity index (χ0v) is 5.38. The van der Waals surface area contributed by atoms with Crippen molar-refractivity contribution in [3.8, 4) is 0 Å². The Bertz CT molecular complexity index is 71.3. The van der Waals surface area contributed by atoms with Gasteiger partial charge in [0, 0.05) is 0 Å². The summed E-state index contributed by atoms with van der Waals surface area (Å²) >= 11 is 1.54. The van der Waals surface area contributed by atoms with E-state index in [1.54, 1.807) is 14.9 Å². The van der Waals surface area contributed by atoms with Crippen LogP contribution < -0.4 is 0 Å². The molecule has 0 aliphatic carbocycles. The molecule has 40 valence electrons. The van der Waals surface area contributed by atoms with Crippen LogP contribution in [-0.4, -0.2) is 24.0 Å². The van der Waals surface area contributed by atoms with Crippen LogP contribution >= 0.6 is 8.70 Å². The van der Waals surface area contributed by atoms with Crippen molar-refractivity contribution in [2.24, 2.45) is 0 Å². The third kappa shape index (κ3) is 1.09. The van der Waals surface area contributed by atoms with E-state index in [4.69, 9.17) is 9.11 Å². The van der Waals surface area contributed by atoms with Crippen LogP contribution in [0.3, 0.4) is 0 Å². The molecule has 0 radical (unpaired) electrons. The van der Waals surface area contributed by atoms with Crippen LogP contribution in [0.15, 0.2) is 0 Å². The average molecular weight is 179 g/mol. The topological polar surface area (TPSA) is 65.5 Å². The second kappa shape index (κ2) is 0.784. The van der Waals surface area contributed by atoms with Crippen molar-refractivity contribution >= 4 is 23.6 Å². The standard InChI is InChI=1S/H4O4SSe/c1-5(2,6)3-4-5/h1-2,5-6H. The van der Waals surface area contributed by atoms with E-state index in [0.29, 0.717) is 0 Å². The van der Waals surface area contributed by atoms with Crippen molar-refractivity contribution in [3.63, 3.8) is 0 Å². The van der Waals surface area contributed by atoms with Gasteiger partial charge in [0.05, 0.1) is 0 Å². The van der Waals surface area contributed by atoms with Gasteiger partial charge in [-0.3, -0.25) is 0 Å². The molecule has 1 aliphatic heterocycles. The van der Waals surface area contributed by atoms with Gasteiger partial charge in [-0.15, -0.1) is 0 Å². The average Bonchev–Trinajstić information content (AvgIpc) is 1.73. The van der Waals surface area contributed by atoms with Gasteiger partial charge >= 0.3 is 41.4 Å². The molecule has 0 spiro atoms. The third-order valence-electron chi connectivity index (χ3n) is 0.275. The van der Waals surface area contributed by atoms with E-state index in [9.17, 15) is 0 Å². The summed E-state index contributed by atoms with van der Waals surface area (Å²) in [6, 6.07) is 0. The molecular weight excluding hydrogens is 175 g/mol. The Labute approximate surface area is 42.0 Å². The summed E-state index contributed by atoms with van der Waals surface area (Å²) < 4.78 is 24.2. The maximum absolute atomic E-state index is 8.31. The van der Waals surface area contributed by atoms with Crippen molar-refractivity contribution in [1.82, 2.24) is 0 Å². The molecule has 1 saturated heterocycles. The molecule has 0 aromatic carbocycles. The van der Waals surface area contributed by atoms with Gasteiger partial charge in [0.2, 0.25) is 0 Å². The van der Waals surface area contributed by atoms with Crippen LogP contribution in [-0.2, 0) is 8.67 Å². The fraction of sp³-hybridized carbons (Fsp3) is 0. The normalized spacial score (nSPS) is 42.8. The molecule has 1 rings (SSSR count). The van der Waals surface area contributed by atoms with Gasteiger partial charge in [0.25, 0.3) is 0 Å². The molecule has 0 aromatic heterocycles. The monoisotopic (exact) mass is 180 g/mol. The van der Waals surface area contributed by atoms with Gasteiger partial charge < -0.3 is 0 Å². The molecule has 6 heavy (non-hydrogen) atoms. The summed E-state index contributed by atoms with van der Waals surface area (Å²) in [7, 11) is -3.86. The first-order valence-corrected chi connectivity index (χ1v) is 5.58. The van der Waals surface area contributed by atoms with Gasteiger partial charge in [-0.1, -0.05) is 0 Å². The molecule has 1 fully saturated rings. The Morgan fingerprint density at radius 1 is 1.33 bits per heavy atom. The van der Waals surface area contributed by atoms with Gasteiger partial charge in [0.1, 0.15) is 0 Å². The van der Waals surface area contributed by atoms with Gasteiger partial charge in [-0.05, 0) is 0 Å². The van der Waals surface area contributed by atoms with E-state index in [1.165, 1.54) is 0 Å². The number of thiol groups is 1. The fourth-order valence-corrected chi connectivity index (χ4v) is 0.965. The molecule has 1 heterocycles. The first-order valence-electron chi connectivity index (χ1n) is 1.13. The van der Waals surface area contributed by atoms with Gasteiger partial charge in [-0.25, -0.2) is 0 Å². The summed E-state index contributed by atoms with van der Waals surface area (Å²) in [5.41, 5.74) is 0. The molecule has 1 aliphatic rings. The van der Waals surface area contributed by atoms with Crippen LogP contribution in [0.5, 0.6) is 0 Å². The Hall–Kier alpha value is 0.709. The van der Waals surface area contributed by atoms with Crippen LogP contribution in [0, 0.1) is 0 Å². The molecule has 0 atom stereocenters. The minimum atomic E-state index is -3.86. The van der Waals surface area contributed by atoms with E-state index in [0.717, 1.165) is 0 Å². The second-order valence-electron chi connectivity index (χ2n) is 0.982. The molecule has 0 unspecified atom stereocenters. The SMILES string of the molecule is O[SH]1(O)([SeH])OO1. The molecule has 0 bridgehead atoms. The summed E-state index contributed by atoms with van der Waals surface area (Å²) in [6.45, 7) is 0. The summed E-state index contributed by atoms with van der Waals surface area (Å²) in [5.74, 6) is 0. The van der Waals surface area contributed by atoms with Crippen LogP contribution in [0.1, 0.15) is 0 Å². The molecule has 4 nitrogen and oxygen atoms in total. The van der Waals surface area contributed by atoms with E-state index >= 15 is 0 Å². The summed E-state index contributed by atoms with van der Waals surface area (Å²) in [5, 5.41) is 0. The Morgan fingerprint density at radius 2 is 1.50 bits per heavy atom. The maximum atomic E-state index is 8.31.